The third kappa shape index (κ3) is 3.82. The zero-order valence-electron chi connectivity index (χ0n) is 11.4. The summed E-state index contributed by atoms with van der Waals surface area (Å²) in [4.78, 5) is 4.12. The Balaban J connectivity index is 1.99. The lowest BCUT2D eigenvalue weighted by atomic mass is 10.2. The molecule has 20 heavy (non-hydrogen) atoms. The second kappa shape index (κ2) is 5.64. The molecule has 3 N–H and O–H groups in total. The average Bonchev–Trinajstić information content (AvgIpc) is 2.69. The van der Waals surface area contributed by atoms with Crippen LogP contribution in [0, 0.1) is 13.8 Å². The fourth-order valence-electron chi connectivity index (χ4n) is 1.67. The number of oxazole rings is 1. The number of rotatable bonds is 5. The lowest BCUT2D eigenvalue weighted by Crippen LogP contribution is -2.24. The van der Waals surface area contributed by atoms with E-state index in [9.17, 15) is 8.42 Å². The molecule has 0 spiro atoms. The molecule has 0 saturated carbocycles. The predicted octanol–water partition coefficient (Wildman–Crippen LogP) is 1.49. The fraction of sp³-hybridized carbons (Fsp3) is 0.308. The molecule has 0 aliphatic heterocycles. The van der Waals surface area contributed by atoms with E-state index in [2.05, 4.69) is 9.71 Å². The number of benzene rings is 1. The number of nitrogens with zero attached hydrogens (tertiary/aromatic N) is 1. The maximum Gasteiger partial charge on any atom is 0.216 e. The number of nitrogens with one attached hydrogen (secondary N) is 1. The van der Waals surface area contributed by atoms with Crippen LogP contribution in [0.2, 0.25) is 0 Å². The number of hydrogen-bond donors (Lipinski definition) is 2. The summed E-state index contributed by atoms with van der Waals surface area (Å²) in [6, 6.07) is 6.72. The van der Waals surface area contributed by atoms with Crippen LogP contribution in [0.25, 0.3) is 0 Å². The minimum atomic E-state index is -3.44. The van der Waals surface area contributed by atoms with Crippen LogP contribution >= 0.6 is 0 Å². The van der Waals surface area contributed by atoms with Crippen molar-refractivity contribution < 1.29 is 12.8 Å². The van der Waals surface area contributed by atoms with E-state index in [1.807, 2.05) is 6.92 Å². The Hall–Kier alpha value is -1.86. The van der Waals surface area contributed by atoms with Gasteiger partial charge in [0.25, 0.3) is 0 Å². The van der Waals surface area contributed by atoms with Gasteiger partial charge in [0.2, 0.25) is 15.9 Å². The van der Waals surface area contributed by atoms with Gasteiger partial charge in [-0.2, -0.15) is 0 Å². The van der Waals surface area contributed by atoms with Crippen LogP contribution in [0.3, 0.4) is 0 Å². The van der Waals surface area contributed by atoms with Gasteiger partial charge < -0.3 is 10.2 Å². The molecule has 0 unspecified atom stereocenters. The number of nitrogens with two attached hydrogens (primary N) is 1. The molecule has 1 heterocycles. The number of anilines is 1. The lowest BCUT2D eigenvalue weighted by Gasteiger charge is -2.05. The van der Waals surface area contributed by atoms with E-state index >= 15 is 0 Å². The van der Waals surface area contributed by atoms with Crippen molar-refractivity contribution in [3.63, 3.8) is 0 Å². The van der Waals surface area contributed by atoms with Gasteiger partial charge in [-0.15, -0.1) is 0 Å². The molecule has 0 aliphatic rings. The van der Waals surface area contributed by atoms with Gasteiger partial charge in [0.1, 0.15) is 5.76 Å². The van der Waals surface area contributed by atoms with Crippen molar-refractivity contribution in [1.29, 1.82) is 0 Å². The van der Waals surface area contributed by atoms with Crippen LogP contribution in [0.1, 0.15) is 22.9 Å². The van der Waals surface area contributed by atoms with E-state index in [0.717, 1.165) is 5.69 Å². The molecule has 1 aromatic carbocycles. The van der Waals surface area contributed by atoms with Crippen LogP contribution in [0.15, 0.2) is 28.7 Å². The van der Waals surface area contributed by atoms with E-state index in [1.165, 1.54) is 0 Å². The third-order valence-electron chi connectivity index (χ3n) is 2.85. The van der Waals surface area contributed by atoms with Crippen molar-refractivity contribution >= 4 is 15.7 Å². The molecule has 0 radical (unpaired) electrons. The first-order valence-corrected chi connectivity index (χ1v) is 7.75. The Morgan fingerprint density at radius 2 is 1.90 bits per heavy atom. The first-order valence-electron chi connectivity index (χ1n) is 6.10. The van der Waals surface area contributed by atoms with Crippen molar-refractivity contribution in [2.24, 2.45) is 0 Å². The third-order valence-corrected chi connectivity index (χ3v) is 4.15. The lowest BCUT2D eigenvalue weighted by molar-refractivity contribution is 0.463. The Kier molecular flexibility index (Phi) is 4.10. The Morgan fingerprint density at radius 3 is 2.45 bits per heavy atom. The highest BCUT2D eigenvalue weighted by atomic mass is 32.2. The summed E-state index contributed by atoms with van der Waals surface area (Å²) in [7, 11) is -3.44. The van der Waals surface area contributed by atoms with Crippen LogP contribution in [0.4, 0.5) is 5.69 Å². The van der Waals surface area contributed by atoms with Crippen LogP contribution in [0.5, 0.6) is 0 Å². The van der Waals surface area contributed by atoms with Gasteiger partial charge in [0.05, 0.1) is 18.0 Å². The monoisotopic (exact) mass is 295 g/mol. The summed E-state index contributed by atoms with van der Waals surface area (Å²) in [5, 5.41) is 0. The molecule has 0 amide bonds. The highest BCUT2D eigenvalue weighted by molar-refractivity contribution is 7.88. The molecule has 0 saturated heterocycles. The minimum absolute atomic E-state index is 0.0476. The highest BCUT2D eigenvalue weighted by Gasteiger charge is 2.13. The standard InChI is InChI=1S/C13H17N3O3S/c1-9-10(2)19-13(16-9)7-15-20(17,18)8-11-3-5-12(14)6-4-11/h3-6,15H,7-8,14H2,1-2H3. The maximum absolute atomic E-state index is 11.9. The minimum Gasteiger partial charge on any atom is -0.444 e. The summed E-state index contributed by atoms with van der Waals surface area (Å²) < 4.78 is 31.7. The van der Waals surface area contributed by atoms with Crippen molar-refractivity contribution in [2.45, 2.75) is 26.1 Å². The van der Waals surface area contributed by atoms with Gasteiger partial charge in [-0.05, 0) is 31.5 Å². The molecule has 0 fully saturated rings. The van der Waals surface area contributed by atoms with E-state index in [1.54, 1.807) is 31.2 Å². The van der Waals surface area contributed by atoms with E-state index in [0.29, 0.717) is 22.9 Å². The van der Waals surface area contributed by atoms with Crippen LogP contribution in [-0.4, -0.2) is 13.4 Å². The van der Waals surface area contributed by atoms with Crippen LogP contribution in [-0.2, 0) is 22.3 Å². The molecule has 1 aromatic heterocycles. The molecule has 108 valence electrons. The van der Waals surface area contributed by atoms with Crippen molar-refractivity contribution in [3.05, 3.63) is 47.2 Å². The summed E-state index contributed by atoms with van der Waals surface area (Å²) in [6.45, 7) is 3.64. The maximum atomic E-state index is 11.9. The molecule has 2 aromatic rings. The van der Waals surface area contributed by atoms with Gasteiger partial charge in [-0.25, -0.2) is 18.1 Å². The molecule has 6 nitrogen and oxygen atoms in total. The van der Waals surface area contributed by atoms with E-state index in [4.69, 9.17) is 10.2 Å². The van der Waals surface area contributed by atoms with Gasteiger partial charge in [0, 0.05) is 5.69 Å². The molecular weight excluding hydrogens is 278 g/mol. The number of nitrogen functional groups attached to an aromatic ring is 1. The second-order valence-corrected chi connectivity index (χ2v) is 6.38. The zero-order valence-corrected chi connectivity index (χ0v) is 12.2. The normalized spacial score (nSPS) is 11.7. The predicted molar refractivity (Wildman–Crippen MR) is 76.3 cm³/mol. The molecular formula is C13H17N3O3S. The highest BCUT2D eigenvalue weighted by Crippen LogP contribution is 2.11. The largest absolute Gasteiger partial charge is 0.444 e. The Morgan fingerprint density at radius 1 is 1.25 bits per heavy atom. The van der Waals surface area contributed by atoms with Crippen molar-refractivity contribution in [3.8, 4) is 0 Å². The van der Waals surface area contributed by atoms with Crippen molar-refractivity contribution in [2.75, 3.05) is 5.73 Å². The fourth-order valence-corrected chi connectivity index (χ4v) is 2.75. The summed E-state index contributed by atoms with van der Waals surface area (Å²) in [5.41, 5.74) is 7.59. The number of hydrogen-bond acceptors (Lipinski definition) is 5. The average molecular weight is 295 g/mol. The van der Waals surface area contributed by atoms with Gasteiger partial charge in [0.15, 0.2) is 0 Å². The first-order chi connectivity index (χ1) is 9.35. The first kappa shape index (κ1) is 14.5. The molecule has 7 heteroatoms. The topological polar surface area (TPSA) is 98.2 Å². The zero-order chi connectivity index (χ0) is 14.8. The quantitative estimate of drug-likeness (QED) is 0.814. The van der Waals surface area contributed by atoms with Gasteiger partial charge in [-0.3, -0.25) is 0 Å². The van der Waals surface area contributed by atoms with Crippen molar-refractivity contribution in [1.82, 2.24) is 9.71 Å². The number of aromatic nitrogens is 1. The molecule has 2 rings (SSSR count). The summed E-state index contributed by atoms with van der Waals surface area (Å²) in [5.74, 6) is 0.949. The number of aryl methyl sites for hydroxylation is 2. The summed E-state index contributed by atoms with van der Waals surface area (Å²) >= 11 is 0. The Labute approximate surface area is 118 Å². The summed E-state index contributed by atoms with van der Waals surface area (Å²) in [6.07, 6.45) is 0. The molecule has 0 atom stereocenters. The molecule has 0 aliphatic carbocycles. The Bertz CT molecular complexity index is 671. The van der Waals surface area contributed by atoms with Gasteiger partial charge >= 0.3 is 0 Å². The van der Waals surface area contributed by atoms with E-state index < -0.39 is 10.0 Å². The van der Waals surface area contributed by atoms with E-state index in [-0.39, 0.29) is 12.3 Å². The van der Waals surface area contributed by atoms with Crippen LogP contribution < -0.4 is 10.5 Å². The SMILES string of the molecule is Cc1nc(CNS(=O)(=O)Cc2ccc(N)cc2)oc1C. The smallest absolute Gasteiger partial charge is 0.216 e. The molecule has 0 bridgehead atoms. The number of sulfonamides is 1. The van der Waals surface area contributed by atoms with Gasteiger partial charge in [-0.1, -0.05) is 12.1 Å². The second-order valence-electron chi connectivity index (χ2n) is 4.57.